The van der Waals surface area contributed by atoms with E-state index in [2.05, 4.69) is 81.5 Å². The Morgan fingerprint density at radius 1 is 0.241 bits per heavy atom. The van der Waals surface area contributed by atoms with Crippen molar-refractivity contribution in [2.75, 3.05) is 13.2 Å². The van der Waals surface area contributed by atoms with Crippen molar-refractivity contribution in [1.29, 1.82) is 0 Å². The fourth-order valence-corrected chi connectivity index (χ4v) is 11.0. The fourth-order valence-electron chi connectivity index (χ4n) is 11.0. The molecule has 0 spiro atoms. The van der Waals surface area contributed by atoms with E-state index in [-0.39, 0.29) is 31.1 Å². The molecule has 83 heavy (non-hydrogen) atoms. The van der Waals surface area contributed by atoms with Crippen molar-refractivity contribution < 1.29 is 28.6 Å². The predicted molar refractivity (Wildman–Crippen MR) is 362 cm³/mol. The van der Waals surface area contributed by atoms with Gasteiger partial charge in [-0.1, -0.05) is 345 Å². The molecule has 0 radical (unpaired) electrons. The molecule has 0 aliphatic rings. The van der Waals surface area contributed by atoms with Crippen LogP contribution in [0.1, 0.15) is 393 Å². The highest BCUT2D eigenvalue weighted by Gasteiger charge is 2.19. The van der Waals surface area contributed by atoms with E-state index >= 15 is 0 Å². The number of allylic oxidation sites excluding steroid dienone is 10. The molecule has 484 valence electrons. The number of ether oxygens (including phenoxy) is 3. The highest BCUT2D eigenvalue weighted by atomic mass is 16.6. The number of carbonyl (C=O) groups excluding carboxylic acids is 3. The summed E-state index contributed by atoms with van der Waals surface area (Å²) in [5.74, 6) is -0.862. The van der Waals surface area contributed by atoms with Gasteiger partial charge in [0.25, 0.3) is 0 Å². The highest BCUT2D eigenvalue weighted by Crippen LogP contribution is 2.18. The summed E-state index contributed by atoms with van der Waals surface area (Å²) in [5.41, 5.74) is 0. The number of rotatable bonds is 68. The Morgan fingerprint density at radius 3 is 0.687 bits per heavy atom. The average molecular weight is 1160 g/mol. The van der Waals surface area contributed by atoms with Crippen LogP contribution in [0.5, 0.6) is 0 Å². The van der Waals surface area contributed by atoms with Crippen molar-refractivity contribution in [3.8, 4) is 0 Å². The molecule has 1 atom stereocenters. The van der Waals surface area contributed by atoms with Crippen molar-refractivity contribution in [2.24, 2.45) is 0 Å². The van der Waals surface area contributed by atoms with Crippen molar-refractivity contribution >= 4 is 17.9 Å². The molecule has 0 aliphatic carbocycles. The summed E-state index contributed by atoms with van der Waals surface area (Å²) in [7, 11) is 0. The molecule has 0 aromatic heterocycles. The minimum Gasteiger partial charge on any atom is -0.462 e. The first kappa shape index (κ1) is 80.1. The van der Waals surface area contributed by atoms with Crippen LogP contribution in [-0.4, -0.2) is 37.2 Å². The van der Waals surface area contributed by atoms with Gasteiger partial charge < -0.3 is 14.2 Å². The Bertz CT molecular complexity index is 1470. The number of unbranched alkanes of at least 4 members (excludes halogenated alkanes) is 47. The Hall–Kier alpha value is -2.89. The minimum atomic E-state index is -0.780. The molecule has 0 heterocycles. The largest absolute Gasteiger partial charge is 0.462 e. The minimum absolute atomic E-state index is 0.0743. The Balaban J connectivity index is 4.17. The van der Waals surface area contributed by atoms with Gasteiger partial charge in [-0.15, -0.1) is 0 Å². The zero-order valence-corrected chi connectivity index (χ0v) is 55.7. The van der Waals surface area contributed by atoms with Crippen LogP contribution in [0.15, 0.2) is 60.8 Å². The molecule has 0 bridgehead atoms. The lowest BCUT2D eigenvalue weighted by Crippen LogP contribution is -2.30. The normalized spacial score (nSPS) is 12.4. The summed E-state index contributed by atoms with van der Waals surface area (Å²) < 4.78 is 17.0. The van der Waals surface area contributed by atoms with Gasteiger partial charge in [-0.2, -0.15) is 0 Å². The summed E-state index contributed by atoms with van der Waals surface area (Å²) in [6.45, 7) is 6.66. The first-order valence-corrected chi connectivity index (χ1v) is 36.8. The van der Waals surface area contributed by atoms with Crippen LogP contribution in [0.25, 0.3) is 0 Å². The first-order valence-electron chi connectivity index (χ1n) is 36.8. The van der Waals surface area contributed by atoms with Gasteiger partial charge in [0, 0.05) is 19.3 Å². The molecule has 0 rings (SSSR count). The summed E-state index contributed by atoms with van der Waals surface area (Å²) in [6.07, 6.45) is 92.6. The zero-order valence-electron chi connectivity index (χ0n) is 55.7. The molecular weight excluding hydrogens is 1020 g/mol. The molecule has 0 fully saturated rings. The number of esters is 3. The molecule has 6 nitrogen and oxygen atoms in total. The van der Waals surface area contributed by atoms with Crippen LogP contribution >= 0.6 is 0 Å². The van der Waals surface area contributed by atoms with Gasteiger partial charge in [0.2, 0.25) is 0 Å². The molecular formula is C77H140O6. The zero-order chi connectivity index (χ0) is 59.9. The second-order valence-electron chi connectivity index (χ2n) is 24.9. The van der Waals surface area contributed by atoms with Gasteiger partial charge in [0.15, 0.2) is 6.10 Å². The lowest BCUT2D eigenvalue weighted by atomic mass is 10.0. The lowest BCUT2D eigenvalue weighted by molar-refractivity contribution is -0.167. The van der Waals surface area contributed by atoms with Gasteiger partial charge in [0.05, 0.1) is 0 Å². The van der Waals surface area contributed by atoms with E-state index in [0.717, 1.165) is 96.3 Å². The van der Waals surface area contributed by atoms with Crippen molar-refractivity contribution in [3.63, 3.8) is 0 Å². The van der Waals surface area contributed by atoms with Crippen LogP contribution in [0.3, 0.4) is 0 Å². The summed E-state index contributed by atoms with van der Waals surface area (Å²) >= 11 is 0. The van der Waals surface area contributed by atoms with Gasteiger partial charge in [-0.3, -0.25) is 14.4 Å². The predicted octanol–water partition coefficient (Wildman–Crippen LogP) is 25.5. The third-order valence-corrected chi connectivity index (χ3v) is 16.5. The molecule has 0 saturated carbocycles. The molecule has 0 amide bonds. The molecule has 6 heteroatoms. The standard InChI is InChI=1S/C77H140O6/c1-4-7-10-13-16-19-22-25-28-31-32-33-34-35-36-37-38-39-40-41-42-43-44-45-46-47-50-52-55-58-61-64-67-70-76(79)82-73-74(83-77(80)71-68-65-62-59-56-53-49-30-27-24-21-18-15-12-9-6-3)72-81-75(78)69-66-63-60-57-54-51-48-29-26-23-20-17-14-11-8-5-2/h21-22,24-25,30-32,34-35,49,74H,4-20,23,26-29,33,36-48,50-73H2,1-3H3/b24-21-,25-22-,32-31-,35-34-,49-30-. The van der Waals surface area contributed by atoms with Crippen molar-refractivity contribution in [3.05, 3.63) is 60.8 Å². The van der Waals surface area contributed by atoms with E-state index < -0.39 is 6.10 Å². The second-order valence-corrected chi connectivity index (χ2v) is 24.9. The van der Waals surface area contributed by atoms with Crippen LogP contribution in [0.4, 0.5) is 0 Å². The third kappa shape index (κ3) is 69.8. The fraction of sp³-hybridized carbons (Fsp3) is 0.831. The van der Waals surface area contributed by atoms with Crippen molar-refractivity contribution in [1.82, 2.24) is 0 Å². The van der Waals surface area contributed by atoms with E-state index in [9.17, 15) is 14.4 Å². The second kappa shape index (κ2) is 71.6. The van der Waals surface area contributed by atoms with Gasteiger partial charge >= 0.3 is 17.9 Å². The van der Waals surface area contributed by atoms with E-state index in [1.165, 1.54) is 257 Å². The van der Waals surface area contributed by atoms with E-state index in [1.807, 2.05) is 0 Å². The number of hydrogen-bond acceptors (Lipinski definition) is 6. The summed E-state index contributed by atoms with van der Waals surface area (Å²) in [5, 5.41) is 0. The Morgan fingerprint density at radius 2 is 0.434 bits per heavy atom. The monoisotopic (exact) mass is 1160 g/mol. The average Bonchev–Trinajstić information content (AvgIpc) is 3.50. The first-order chi connectivity index (χ1) is 41.0. The molecule has 1 unspecified atom stereocenters. The quantitative estimate of drug-likeness (QED) is 0.0261. The van der Waals surface area contributed by atoms with Gasteiger partial charge in [-0.25, -0.2) is 0 Å². The molecule has 0 aliphatic heterocycles. The van der Waals surface area contributed by atoms with Crippen molar-refractivity contribution in [2.45, 2.75) is 399 Å². The summed E-state index contributed by atoms with van der Waals surface area (Å²) in [4.78, 5) is 38.4. The highest BCUT2D eigenvalue weighted by molar-refractivity contribution is 5.71. The summed E-state index contributed by atoms with van der Waals surface area (Å²) in [6, 6.07) is 0. The van der Waals surface area contributed by atoms with Crippen LogP contribution in [-0.2, 0) is 28.6 Å². The van der Waals surface area contributed by atoms with E-state index in [0.29, 0.717) is 19.3 Å². The van der Waals surface area contributed by atoms with Crippen LogP contribution < -0.4 is 0 Å². The van der Waals surface area contributed by atoms with E-state index in [1.54, 1.807) is 0 Å². The molecule has 0 aromatic carbocycles. The molecule has 0 saturated heterocycles. The Labute approximate surface area is 517 Å². The van der Waals surface area contributed by atoms with Gasteiger partial charge in [-0.05, 0) is 89.9 Å². The van der Waals surface area contributed by atoms with Crippen LogP contribution in [0, 0.1) is 0 Å². The number of hydrogen-bond donors (Lipinski definition) is 0. The molecule has 0 N–H and O–H groups in total. The maximum atomic E-state index is 12.9. The third-order valence-electron chi connectivity index (χ3n) is 16.5. The smallest absolute Gasteiger partial charge is 0.306 e. The maximum Gasteiger partial charge on any atom is 0.306 e. The lowest BCUT2D eigenvalue weighted by Gasteiger charge is -2.18. The van der Waals surface area contributed by atoms with E-state index in [4.69, 9.17) is 14.2 Å². The van der Waals surface area contributed by atoms with Gasteiger partial charge in [0.1, 0.15) is 13.2 Å². The topological polar surface area (TPSA) is 78.9 Å². The number of carbonyl (C=O) groups is 3. The maximum absolute atomic E-state index is 12.9. The van der Waals surface area contributed by atoms with Crippen LogP contribution in [0.2, 0.25) is 0 Å². The SMILES string of the molecule is CCCCCC/C=C\C/C=C\CCCCCCCC(=O)OC(COC(=O)CCCCCCCCCCCCCCCCCC)COC(=O)CCCCCCCCCCCCCCCCCCCC/C=C\C/C=C\C/C=C\CCCCCCC. The Kier molecular flexibility index (Phi) is 69.1. The molecule has 0 aromatic rings.